The van der Waals surface area contributed by atoms with Crippen molar-refractivity contribution in [1.29, 1.82) is 0 Å². The lowest BCUT2D eigenvalue weighted by atomic mass is 10.3. The summed E-state index contributed by atoms with van der Waals surface area (Å²) in [5.41, 5.74) is 3.43. The molecule has 0 aliphatic carbocycles. The number of aryl methyl sites for hydroxylation is 3. The highest BCUT2D eigenvalue weighted by atomic mass is 32.1. The number of nitrogens with one attached hydrogen (secondary N) is 1. The number of nitrogens with zero attached hydrogens (tertiary/aromatic N) is 3. The Morgan fingerprint density at radius 3 is 2.86 bits per heavy atom. The Hall–Kier alpha value is -1.72. The van der Waals surface area contributed by atoms with Crippen molar-refractivity contribution in [3.63, 3.8) is 0 Å². The molecule has 1 aromatic carbocycles. The number of fused-ring (bicyclic) bond motifs is 1. The van der Waals surface area contributed by atoms with E-state index in [2.05, 4.69) is 51.3 Å². The standard InChI is InChI=1S/C16H20N4S/c1-12-10-13(2)20(19-12)9-5-8-17-11-16-18-14-6-3-4-7-15(14)21-16/h3-4,6-7,10,17H,5,8-9,11H2,1-2H3. The Morgan fingerprint density at radius 1 is 1.24 bits per heavy atom. The molecule has 2 heterocycles. The molecule has 0 saturated carbocycles. The van der Waals surface area contributed by atoms with Gasteiger partial charge in [-0.25, -0.2) is 4.98 Å². The summed E-state index contributed by atoms with van der Waals surface area (Å²) in [5.74, 6) is 0. The molecule has 5 heteroatoms. The van der Waals surface area contributed by atoms with Crippen molar-refractivity contribution < 1.29 is 0 Å². The molecule has 0 spiro atoms. The molecule has 4 nitrogen and oxygen atoms in total. The third kappa shape index (κ3) is 3.49. The predicted molar refractivity (Wildman–Crippen MR) is 87.6 cm³/mol. The number of benzene rings is 1. The van der Waals surface area contributed by atoms with Gasteiger partial charge in [0, 0.05) is 18.8 Å². The Bertz CT molecular complexity index is 696. The number of hydrogen-bond donors (Lipinski definition) is 1. The third-order valence-corrected chi connectivity index (χ3v) is 4.48. The Morgan fingerprint density at radius 2 is 2.10 bits per heavy atom. The fraction of sp³-hybridized carbons (Fsp3) is 0.375. The van der Waals surface area contributed by atoms with Gasteiger partial charge in [-0.15, -0.1) is 11.3 Å². The van der Waals surface area contributed by atoms with Gasteiger partial charge in [-0.1, -0.05) is 12.1 Å². The average Bonchev–Trinajstić information content (AvgIpc) is 3.01. The third-order valence-electron chi connectivity index (χ3n) is 3.44. The van der Waals surface area contributed by atoms with Crippen LogP contribution in [0.25, 0.3) is 10.2 Å². The molecule has 1 N–H and O–H groups in total. The van der Waals surface area contributed by atoms with E-state index in [1.807, 2.05) is 13.0 Å². The average molecular weight is 300 g/mol. The molecular weight excluding hydrogens is 280 g/mol. The molecule has 0 bridgehead atoms. The van der Waals surface area contributed by atoms with Gasteiger partial charge in [0.2, 0.25) is 0 Å². The minimum absolute atomic E-state index is 0.844. The van der Waals surface area contributed by atoms with Gasteiger partial charge in [-0.05, 0) is 45.0 Å². The lowest BCUT2D eigenvalue weighted by Crippen LogP contribution is -2.17. The normalized spacial score (nSPS) is 11.3. The van der Waals surface area contributed by atoms with Gasteiger partial charge in [-0.2, -0.15) is 5.10 Å². The molecule has 0 unspecified atom stereocenters. The van der Waals surface area contributed by atoms with Crippen molar-refractivity contribution in [3.05, 3.63) is 46.7 Å². The molecule has 0 saturated heterocycles. The molecule has 110 valence electrons. The molecule has 3 rings (SSSR count). The van der Waals surface area contributed by atoms with Crippen LogP contribution < -0.4 is 5.32 Å². The SMILES string of the molecule is Cc1cc(C)n(CCCNCc2nc3ccccc3s2)n1. The van der Waals surface area contributed by atoms with E-state index in [9.17, 15) is 0 Å². The molecule has 0 aliphatic rings. The van der Waals surface area contributed by atoms with Gasteiger partial charge >= 0.3 is 0 Å². The van der Waals surface area contributed by atoms with Gasteiger partial charge in [0.05, 0.1) is 15.9 Å². The van der Waals surface area contributed by atoms with Crippen LogP contribution in [0.5, 0.6) is 0 Å². The highest BCUT2D eigenvalue weighted by Crippen LogP contribution is 2.21. The fourth-order valence-electron chi connectivity index (χ4n) is 2.45. The van der Waals surface area contributed by atoms with Crippen molar-refractivity contribution in [3.8, 4) is 0 Å². The second kappa shape index (κ2) is 6.37. The molecule has 0 amide bonds. The van der Waals surface area contributed by atoms with E-state index in [-0.39, 0.29) is 0 Å². The van der Waals surface area contributed by atoms with Crippen LogP contribution in [-0.4, -0.2) is 21.3 Å². The van der Waals surface area contributed by atoms with Gasteiger partial charge in [0.15, 0.2) is 0 Å². The molecule has 3 aromatic rings. The topological polar surface area (TPSA) is 42.7 Å². The molecule has 2 aromatic heterocycles. The minimum Gasteiger partial charge on any atom is -0.310 e. The zero-order valence-corrected chi connectivity index (χ0v) is 13.3. The zero-order valence-electron chi connectivity index (χ0n) is 12.5. The summed E-state index contributed by atoms with van der Waals surface area (Å²) in [7, 11) is 0. The first-order valence-corrected chi connectivity index (χ1v) is 8.10. The van der Waals surface area contributed by atoms with E-state index in [0.717, 1.165) is 42.3 Å². The van der Waals surface area contributed by atoms with E-state index in [4.69, 9.17) is 0 Å². The van der Waals surface area contributed by atoms with Gasteiger partial charge in [0.1, 0.15) is 5.01 Å². The van der Waals surface area contributed by atoms with Crippen LogP contribution in [0.2, 0.25) is 0 Å². The number of hydrogen-bond acceptors (Lipinski definition) is 4. The fourth-order valence-corrected chi connectivity index (χ4v) is 3.38. The molecular formula is C16H20N4S. The highest BCUT2D eigenvalue weighted by Gasteiger charge is 2.03. The lowest BCUT2D eigenvalue weighted by Gasteiger charge is -2.05. The molecule has 0 aliphatic heterocycles. The van der Waals surface area contributed by atoms with Crippen LogP contribution in [0, 0.1) is 13.8 Å². The number of thiazole rings is 1. The summed E-state index contributed by atoms with van der Waals surface area (Å²) in [6, 6.07) is 10.4. The van der Waals surface area contributed by atoms with E-state index in [0.29, 0.717) is 0 Å². The maximum atomic E-state index is 4.62. The lowest BCUT2D eigenvalue weighted by molar-refractivity contribution is 0.532. The predicted octanol–water partition coefficient (Wildman–Crippen LogP) is 3.29. The summed E-state index contributed by atoms with van der Waals surface area (Å²) in [5, 5.41) is 9.09. The maximum Gasteiger partial charge on any atom is 0.108 e. The summed E-state index contributed by atoms with van der Waals surface area (Å²) in [6.07, 6.45) is 1.08. The number of aromatic nitrogens is 3. The number of para-hydroxylation sites is 1. The minimum atomic E-state index is 0.844. The molecule has 0 fully saturated rings. The second-order valence-electron chi connectivity index (χ2n) is 5.26. The van der Waals surface area contributed by atoms with Crippen LogP contribution in [0.3, 0.4) is 0 Å². The van der Waals surface area contributed by atoms with Gasteiger partial charge in [0.25, 0.3) is 0 Å². The molecule has 21 heavy (non-hydrogen) atoms. The van der Waals surface area contributed by atoms with Crippen LogP contribution in [0.4, 0.5) is 0 Å². The second-order valence-corrected chi connectivity index (χ2v) is 6.37. The van der Waals surface area contributed by atoms with Crippen molar-refractivity contribution in [1.82, 2.24) is 20.1 Å². The van der Waals surface area contributed by atoms with Gasteiger partial charge < -0.3 is 5.32 Å². The molecule has 0 atom stereocenters. The highest BCUT2D eigenvalue weighted by molar-refractivity contribution is 7.18. The van der Waals surface area contributed by atoms with Crippen molar-refractivity contribution in [2.75, 3.05) is 6.54 Å². The smallest absolute Gasteiger partial charge is 0.108 e. The molecule has 0 radical (unpaired) electrons. The van der Waals surface area contributed by atoms with Crippen molar-refractivity contribution in [2.24, 2.45) is 0 Å². The number of rotatable bonds is 6. The Balaban J connectivity index is 1.45. The first-order valence-electron chi connectivity index (χ1n) is 7.28. The monoisotopic (exact) mass is 300 g/mol. The van der Waals surface area contributed by atoms with E-state index in [1.165, 1.54) is 10.4 Å². The first-order chi connectivity index (χ1) is 10.2. The summed E-state index contributed by atoms with van der Waals surface area (Å²) in [4.78, 5) is 4.62. The van der Waals surface area contributed by atoms with Crippen LogP contribution in [-0.2, 0) is 13.1 Å². The summed E-state index contributed by atoms with van der Waals surface area (Å²) < 4.78 is 3.34. The van der Waals surface area contributed by atoms with Crippen LogP contribution >= 0.6 is 11.3 Å². The van der Waals surface area contributed by atoms with E-state index in [1.54, 1.807) is 11.3 Å². The quantitative estimate of drug-likeness (QED) is 0.710. The van der Waals surface area contributed by atoms with Crippen molar-refractivity contribution in [2.45, 2.75) is 33.4 Å². The Kier molecular flexibility index (Phi) is 4.31. The van der Waals surface area contributed by atoms with Crippen molar-refractivity contribution >= 4 is 21.6 Å². The Labute approximate surface area is 128 Å². The van der Waals surface area contributed by atoms with E-state index < -0.39 is 0 Å². The summed E-state index contributed by atoms with van der Waals surface area (Å²) >= 11 is 1.77. The van der Waals surface area contributed by atoms with E-state index >= 15 is 0 Å². The largest absolute Gasteiger partial charge is 0.310 e. The zero-order chi connectivity index (χ0) is 14.7. The maximum absolute atomic E-state index is 4.62. The van der Waals surface area contributed by atoms with Crippen LogP contribution in [0.15, 0.2) is 30.3 Å². The van der Waals surface area contributed by atoms with Gasteiger partial charge in [-0.3, -0.25) is 4.68 Å². The van der Waals surface area contributed by atoms with Crippen LogP contribution in [0.1, 0.15) is 22.8 Å². The first kappa shape index (κ1) is 14.2. The summed E-state index contributed by atoms with van der Waals surface area (Å²) in [6.45, 7) is 6.93.